The van der Waals surface area contributed by atoms with Crippen LogP contribution in [0.5, 0.6) is 0 Å². The van der Waals surface area contributed by atoms with Crippen molar-refractivity contribution in [3.63, 3.8) is 0 Å². The minimum Gasteiger partial charge on any atom is -0.368 e. The summed E-state index contributed by atoms with van der Waals surface area (Å²) in [5.74, 6) is 0.874. The van der Waals surface area contributed by atoms with Crippen molar-refractivity contribution >= 4 is 27.9 Å². The van der Waals surface area contributed by atoms with Gasteiger partial charge in [0.1, 0.15) is 5.69 Å². The molecule has 0 aliphatic rings. The Hall–Kier alpha value is -1.94. The van der Waals surface area contributed by atoms with Crippen LogP contribution in [0.2, 0.25) is 0 Å². The minimum atomic E-state index is 0.874. The predicted octanol–water partition coefficient (Wildman–Crippen LogP) is 4.49. The highest BCUT2D eigenvalue weighted by Crippen LogP contribution is 2.33. The first-order valence-electron chi connectivity index (χ1n) is 6.85. The monoisotopic (exact) mass is 283 g/mol. The molecule has 4 heteroatoms. The summed E-state index contributed by atoms with van der Waals surface area (Å²) in [4.78, 5) is 1.28. The van der Waals surface area contributed by atoms with Crippen LogP contribution < -0.4 is 5.32 Å². The summed E-state index contributed by atoms with van der Waals surface area (Å²) in [5, 5.41) is 16.6. The number of anilines is 1. The standard InChI is InChI=1S/C16H17N3S/c1-3-9-17-16-14-7-5-4-6-13(14)15(18-19-16)12-8-10-20-11(12)2/h4-8,10H,3,9H2,1-2H3,(H,17,19). The summed E-state index contributed by atoms with van der Waals surface area (Å²) < 4.78 is 0. The Labute approximate surface area is 122 Å². The molecule has 3 rings (SSSR count). The Bertz CT molecular complexity index is 733. The van der Waals surface area contributed by atoms with Gasteiger partial charge in [-0.25, -0.2) is 0 Å². The first-order chi connectivity index (χ1) is 9.81. The molecular weight excluding hydrogens is 266 g/mol. The Morgan fingerprint density at radius 3 is 2.60 bits per heavy atom. The normalized spacial score (nSPS) is 10.9. The predicted molar refractivity (Wildman–Crippen MR) is 86.4 cm³/mol. The second-order valence-corrected chi connectivity index (χ2v) is 5.88. The van der Waals surface area contributed by atoms with Crippen LogP contribution in [0.3, 0.4) is 0 Å². The molecular formula is C16H17N3S. The third-order valence-electron chi connectivity index (χ3n) is 3.34. The molecule has 3 aromatic rings. The maximum atomic E-state index is 4.46. The SMILES string of the molecule is CCCNc1nnc(-c2ccsc2C)c2ccccc12. The number of thiophene rings is 1. The van der Waals surface area contributed by atoms with E-state index < -0.39 is 0 Å². The molecule has 2 aromatic heterocycles. The quantitative estimate of drug-likeness (QED) is 0.766. The van der Waals surface area contributed by atoms with Gasteiger partial charge in [-0.1, -0.05) is 31.2 Å². The fraction of sp³-hybridized carbons (Fsp3) is 0.250. The number of nitrogens with one attached hydrogen (secondary N) is 1. The summed E-state index contributed by atoms with van der Waals surface area (Å²) in [6.45, 7) is 5.18. The Kier molecular flexibility index (Phi) is 3.65. The van der Waals surface area contributed by atoms with Crippen molar-refractivity contribution in [2.45, 2.75) is 20.3 Å². The van der Waals surface area contributed by atoms with Crippen molar-refractivity contribution < 1.29 is 0 Å². The Balaban J connectivity index is 2.19. The molecule has 0 bridgehead atoms. The Morgan fingerprint density at radius 1 is 1.10 bits per heavy atom. The summed E-state index contributed by atoms with van der Waals surface area (Å²) in [6, 6.07) is 10.4. The van der Waals surface area contributed by atoms with Crippen LogP contribution >= 0.6 is 11.3 Å². The molecule has 1 aromatic carbocycles. The van der Waals surface area contributed by atoms with Crippen molar-refractivity contribution in [1.29, 1.82) is 0 Å². The molecule has 0 fully saturated rings. The van der Waals surface area contributed by atoms with Gasteiger partial charge >= 0.3 is 0 Å². The molecule has 20 heavy (non-hydrogen) atoms. The van der Waals surface area contributed by atoms with Gasteiger partial charge in [0.2, 0.25) is 0 Å². The lowest BCUT2D eigenvalue weighted by Gasteiger charge is -2.10. The molecule has 0 saturated heterocycles. The highest BCUT2D eigenvalue weighted by Gasteiger charge is 2.12. The highest BCUT2D eigenvalue weighted by atomic mass is 32.1. The van der Waals surface area contributed by atoms with Crippen molar-refractivity contribution in [2.75, 3.05) is 11.9 Å². The number of benzene rings is 1. The van der Waals surface area contributed by atoms with Gasteiger partial charge in [-0.15, -0.1) is 21.5 Å². The summed E-state index contributed by atoms with van der Waals surface area (Å²) in [7, 11) is 0. The topological polar surface area (TPSA) is 37.8 Å². The average Bonchev–Trinajstić information content (AvgIpc) is 2.91. The summed E-state index contributed by atoms with van der Waals surface area (Å²) >= 11 is 1.74. The van der Waals surface area contributed by atoms with E-state index in [4.69, 9.17) is 0 Å². The van der Waals surface area contributed by atoms with Gasteiger partial charge in [-0.05, 0) is 24.8 Å². The molecule has 3 nitrogen and oxygen atoms in total. The lowest BCUT2D eigenvalue weighted by atomic mass is 10.1. The van der Waals surface area contributed by atoms with Crippen LogP contribution in [0.15, 0.2) is 35.7 Å². The average molecular weight is 283 g/mol. The second kappa shape index (κ2) is 5.59. The van der Waals surface area contributed by atoms with Crippen molar-refractivity contribution in [3.05, 3.63) is 40.6 Å². The fourth-order valence-electron chi connectivity index (χ4n) is 2.31. The second-order valence-electron chi connectivity index (χ2n) is 4.76. The van der Waals surface area contributed by atoms with Gasteiger partial charge < -0.3 is 5.32 Å². The van der Waals surface area contributed by atoms with Crippen molar-refractivity contribution in [2.24, 2.45) is 0 Å². The number of rotatable bonds is 4. The van der Waals surface area contributed by atoms with E-state index in [0.717, 1.165) is 35.2 Å². The van der Waals surface area contributed by atoms with E-state index in [0.29, 0.717) is 0 Å². The maximum Gasteiger partial charge on any atom is 0.156 e. The van der Waals surface area contributed by atoms with Crippen LogP contribution in [0, 0.1) is 6.92 Å². The largest absolute Gasteiger partial charge is 0.368 e. The van der Waals surface area contributed by atoms with Gasteiger partial charge in [-0.3, -0.25) is 0 Å². The first-order valence-corrected chi connectivity index (χ1v) is 7.73. The third-order valence-corrected chi connectivity index (χ3v) is 4.19. The number of aromatic nitrogens is 2. The van der Waals surface area contributed by atoms with Gasteiger partial charge in [-0.2, -0.15) is 0 Å². The lowest BCUT2D eigenvalue weighted by molar-refractivity contribution is 0.952. The molecule has 0 atom stereocenters. The van der Waals surface area contributed by atoms with Crippen LogP contribution in [-0.4, -0.2) is 16.7 Å². The van der Waals surface area contributed by atoms with E-state index in [9.17, 15) is 0 Å². The van der Waals surface area contributed by atoms with Gasteiger partial charge in [0.05, 0.1) is 0 Å². The third kappa shape index (κ3) is 2.27. The first kappa shape index (κ1) is 13.1. The van der Waals surface area contributed by atoms with Crippen LogP contribution in [0.25, 0.3) is 22.0 Å². The summed E-state index contributed by atoms with van der Waals surface area (Å²) in [5.41, 5.74) is 2.15. The van der Waals surface area contributed by atoms with Gasteiger partial charge in [0.25, 0.3) is 0 Å². The zero-order valence-electron chi connectivity index (χ0n) is 11.7. The number of aryl methyl sites for hydroxylation is 1. The molecule has 0 saturated carbocycles. The molecule has 2 heterocycles. The maximum absolute atomic E-state index is 4.46. The molecule has 0 aliphatic heterocycles. The van der Waals surface area contributed by atoms with E-state index in [-0.39, 0.29) is 0 Å². The van der Waals surface area contributed by atoms with E-state index in [1.807, 2.05) is 6.07 Å². The molecule has 0 aliphatic carbocycles. The van der Waals surface area contributed by atoms with Crippen molar-refractivity contribution in [3.8, 4) is 11.3 Å². The number of hydrogen-bond donors (Lipinski definition) is 1. The zero-order valence-corrected chi connectivity index (χ0v) is 12.5. The number of nitrogens with zero attached hydrogens (tertiary/aromatic N) is 2. The minimum absolute atomic E-state index is 0.874. The smallest absolute Gasteiger partial charge is 0.156 e. The zero-order chi connectivity index (χ0) is 13.9. The molecule has 0 amide bonds. The molecule has 1 N–H and O–H groups in total. The molecule has 102 valence electrons. The Morgan fingerprint density at radius 2 is 1.90 bits per heavy atom. The van der Waals surface area contributed by atoms with Crippen LogP contribution in [0.4, 0.5) is 5.82 Å². The fourth-order valence-corrected chi connectivity index (χ4v) is 3.01. The lowest BCUT2D eigenvalue weighted by Crippen LogP contribution is -2.04. The van der Waals surface area contributed by atoms with E-state index in [1.165, 1.54) is 10.4 Å². The molecule has 0 radical (unpaired) electrons. The van der Waals surface area contributed by atoms with Crippen molar-refractivity contribution in [1.82, 2.24) is 10.2 Å². The molecule has 0 unspecified atom stereocenters. The number of fused-ring (bicyclic) bond motifs is 1. The van der Waals surface area contributed by atoms with E-state index in [1.54, 1.807) is 11.3 Å². The van der Waals surface area contributed by atoms with Gasteiger partial charge in [0.15, 0.2) is 5.82 Å². The van der Waals surface area contributed by atoms with E-state index in [2.05, 4.69) is 59.0 Å². The van der Waals surface area contributed by atoms with Crippen LogP contribution in [0.1, 0.15) is 18.2 Å². The summed E-state index contributed by atoms with van der Waals surface area (Å²) in [6.07, 6.45) is 1.07. The number of hydrogen-bond acceptors (Lipinski definition) is 4. The van der Waals surface area contributed by atoms with Crippen LogP contribution in [-0.2, 0) is 0 Å². The van der Waals surface area contributed by atoms with Gasteiger partial charge in [0, 0.05) is 27.8 Å². The highest BCUT2D eigenvalue weighted by molar-refractivity contribution is 7.10. The molecule has 0 spiro atoms. The van der Waals surface area contributed by atoms with E-state index >= 15 is 0 Å².